The maximum absolute atomic E-state index is 13.7. The summed E-state index contributed by atoms with van der Waals surface area (Å²) in [6, 6.07) is 20.4. The largest absolute Gasteiger partial charge is 0.345 e. The number of hydrogen-bond donors (Lipinski definition) is 1. The molecule has 2 nitrogen and oxygen atoms in total. The van der Waals surface area contributed by atoms with Crippen molar-refractivity contribution in [3.63, 3.8) is 0 Å². The molecule has 3 aromatic rings. The molecule has 0 aliphatic rings. The first kappa shape index (κ1) is 16.8. The Hall–Kier alpha value is -3.01. The summed E-state index contributed by atoms with van der Waals surface area (Å²) in [5.74, 6) is -2.15. The van der Waals surface area contributed by atoms with E-state index in [1.54, 1.807) is 0 Å². The molecule has 0 saturated carbocycles. The first-order valence-electron chi connectivity index (χ1n) is 7.96. The van der Waals surface area contributed by atoms with Gasteiger partial charge in [0.1, 0.15) is 11.6 Å². The van der Waals surface area contributed by atoms with Gasteiger partial charge in [0, 0.05) is 6.07 Å². The molecule has 4 heteroatoms. The summed E-state index contributed by atoms with van der Waals surface area (Å²) in [6.45, 7) is 1.82. The van der Waals surface area contributed by atoms with Crippen LogP contribution in [0.5, 0.6) is 0 Å². The van der Waals surface area contributed by atoms with Gasteiger partial charge in [-0.05, 0) is 35.7 Å². The number of hydrogen-bond acceptors (Lipinski definition) is 1. The maximum atomic E-state index is 13.7. The lowest BCUT2D eigenvalue weighted by Gasteiger charge is -2.15. The molecule has 0 aliphatic carbocycles. The van der Waals surface area contributed by atoms with Crippen molar-refractivity contribution in [3.8, 4) is 11.1 Å². The Bertz CT molecular complexity index is 876. The molecule has 0 fully saturated rings. The Kier molecular flexibility index (Phi) is 4.89. The Morgan fingerprint density at radius 2 is 1.52 bits per heavy atom. The molecule has 0 radical (unpaired) electrons. The van der Waals surface area contributed by atoms with Crippen molar-refractivity contribution < 1.29 is 13.6 Å². The Balaban J connectivity index is 1.72. The standard InChI is InChI=1S/C21H17F2NO/c1-14(24-21(25)19-12-11-18(22)13-20(19)23)15-7-9-17(10-8-15)16-5-3-2-4-6-16/h2-14H,1H3,(H,24,25)/t14-/m0/s1. The van der Waals surface area contributed by atoms with Crippen LogP contribution in [0, 0.1) is 11.6 Å². The van der Waals surface area contributed by atoms with Gasteiger partial charge < -0.3 is 5.32 Å². The normalized spacial score (nSPS) is 11.8. The molecule has 0 heterocycles. The summed E-state index contributed by atoms with van der Waals surface area (Å²) >= 11 is 0. The fourth-order valence-electron chi connectivity index (χ4n) is 2.63. The predicted molar refractivity (Wildman–Crippen MR) is 94.1 cm³/mol. The van der Waals surface area contributed by atoms with Gasteiger partial charge in [-0.15, -0.1) is 0 Å². The van der Waals surface area contributed by atoms with Crippen molar-refractivity contribution in [2.45, 2.75) is 13.0 Å². The second kappa shape index (κ2) is 7.26. The molecule has 0 saturated heterocycles. The second-order valence-electron chi connectivity index (χ2n) is 5.81. The molecule has 126 valence electrons. The Morgan fingerprint density at radius 1 is 0.880 bits per heavy atom. The summed E-state index contributed by atoms with van der Waals surface area (Å²) in [5.41, 5.74) is 2.91. The van der Waals surface area contributed by atoms with Gasteiger partial charge >= 0.3 is 0 Å². The molecule has 0 spiro atoms. The molecule has 1 N–H and O–H groups in total. The first-order chi connectivity index (χ1) is 12.0. The molecule has 3 aromatic carbocycles. The minimum Gasteiger partial charge on any atom is -0.345 e. The van der Waals surface area contributed by atoms with Crippen LogP contribution < -0.4 is 5.32 Å². The maximum Gasteiger partial charge on any atom is 0.254 e. The SMILES string of the molecule is C[C@H](NC(=O)c1ccc(F)cc1F)c1ccc(-c2ccccc2)cc1. The van der Waals surface area contributed by atoms with E-state index in [1.807, 2.05) is 61.5 Å². The molecule has 0 bridgehead atoms. The minimum atomic E-state index is -0.871. The number of benzene rings is 3. The predicted octanol–water partition coefficient (Wildman–Crippen LogP) is 5.12. The third-order valence-electron chi connectivity index (χ3n) is 4.04. The van der Waals surface area contributed by atoms with Gasteiger partial charge in [-0.3, -0.25) is 4.79 Å². The molecular formula is C21H17F2NO. The van der Waals surface area contributed by atoms with Gasteiger partial charge in [0.15, 0.2) is 0 Å². The topological polar surface area (TPSA) is 29.1 Å². The zero-order valence-corrected chi connectivity index (χ0v) is 13.7. The monoisotopic (exact) mass is 337 g/mol. The highest BCUT2D eigenvalue weighted by Gasteiger charge is 2.15. The second-order valence-corrected chi connectivity index (χ2v) is 5.81. The van der Waals surface area contributed by atoms with E-state index in [0.29, 0.717) is 6.07 Å². The summed E-state index contributed by atoms with van der Waals surface area (Å²) in [4.78, 5) is 12.2. The van der Waals surface area contributed by atoms with Gasteiger partial charge in [0.05, 0.1) is 11.6 Å². The van der Waals surface area contributed by atoms with Crippen molar-refractivity contribution in [1.29, 1.82) is 0 Å². The number of carbonyl (C=O) groups is 1. The molecule has 0 aromatic heterocycles. The van der Waals surface area contributed by atoms with E-state index in [4.69, 9.17) is 0 Å². The number of amides is 1. The third-order valence-corrected chi connectivity index (χ3v) is 4.04. The number of carbonyl (C=O) groups excluding carboxylic acids is 1. The van der Waals surface area contributed by atoms with E-state index in [2.05, 4.69) is 5.32 Å². The first-order valence-corrected chi connectivity index (χ1v) is 7.96. The molecule has 25 heavy (non-hydrogen) atoms. The van der Waals surface area contributed by atoms with E-state index in [-0.39, 0.29) is 11.6 Å². The molecule has 0 aliphatic heterocycles. The summed E-state index contributed by atoms with van der Waals surface area (Å²) < 4.78 is 26.6. The lowest BCUT2D eigenvalue weighted by molar-refractivity contribution is 0.0935. The molecule has 1 amide bonds. The van der Waals surface area contributed by atoms with Gasteiger partial charge in [0.25, 0.3) is 5.91 Å². The number of nitrogens with one attached hydrogen (secondary N) is 1. The van der Waals surface area contributed by atoms with Gasteiger partial charge in [-0.1, -0.05) is 54.6 Å². The fraction of sp³-hybridized carbons (Fsp3) is 0.0952. The molecule has 1 atom stereocenters. The van der Waals surface area contributed by atoms with Gasteiger partial charge in [-0.25, -0.2) is 8.78 Å². The molecule has 0 unspecified atom stereocenters. The average Bonchev–Trinajstić information content (AvgIpc) is 2.62. The van der Waals surface area contributed by atoms with E-state index in [0.717, 1.165) is 28.8 Å². The van der Waals surface area contributed by atoms with Crippen molar-refractivity contribution in [1.82, 2.24) is 5.32 Å². The molecular weight excluding hydrogens is 320 g/mol. The summed E-state index contributed by atoms with van der Waals surface area (Å²) in [6.07, 6.45) is 0. The quantitative estimate of drug-likeness (QED) is 0.703. The van der Waals surface area contributed by atoms with Gasteiger partial charge in [-0.2, -0.15) is 0 Å². The van der Waals surface area contributed by atoms with Crippen molar-refractivity contribution >= 4 is 5.91 Å². The van der Waals surface area contributed by atoms with Crippen molar-refractivity contribution in [2.24, 2.45) is 0 Å². The van der Waals surface area contributed by atoms with Crippen molar-refractivity contribution in [3.05, 3.63) is 95.6 Å². The lowest BCUT2D eigenvalue weighted by atomic mass is 10.0. The Labute approximate surface area is 145 Å². The third kappa shape index (κ3) is 3.91. The smallest absolute Gasteiger partial charge is 0.254 e. The van der Waals surface area contributed by atoms with Crippen LogP contribution in [0.15, 0.2) is 72.8 Å². The van der Waals surface area contributed by atoms with Gasteiger partial charge in [0.2, 0.25) is 0 Å². The Morgan fingerprint density at radius 3 is 2.16 bits per heavy atom. The van der Waals surface area contributed by atoms with E-state index in [9.17, 15) is 13.6 Å². The number of halogens is 2. The van der Waals surface area contributed by atoms with Crippen LogP contribution in [0.25, 0.3) is 11.1 Å². The average molecular weight is 337 g/mol. The van der Waals surface area contributed by atoms with Crippen LogP contribution in [0.2, 0.25) is 0 Å². The van der Waals surface area contributed by atoms with Crippen LogP contribution in [0.3, 0.4) is 0 Å². The van der Waals surface area contributed by atoms with Crippen LogP contribution in [0.4, 0.5) is 8.78 Å². The highest BCUT2D eigenvalue weighted by Crippen LogP contribution is 2.22. The van der Waals surface area contributed by atoms with Crippen LogP contribution in [-0.2, 0) is 0 Å². The summed E-state index contributed by atoms with van der Waals surface area (Å²) in [5, 5.41) is 2.73. The fourth-order valence-corrected chi connectivity index (χ4v) is 2.63. The number of rotatable bonds is 4. The van der Waals surface area contributed by atoms with E-state index < -0.39 is 17.5 Å². The zero-order chi connectivity index (χ0) is 17.8. The highest BCUT2D eigenvalue weighted by atomic mass is 19.1. The van der Waals surface area contributed by atoms with E-state index in [1.165, 1.54) is 0 Å². The zero-order valence-electron chi connectivity index (χ0n) is 13.7. The highest BCUT2D eigenvalue weighted by molar-refractivity contribution is 5.94. The lowest BCUT2D eigenvalue weighted by Crippen LogP contribution is -2.27. The molecule has 3 rings (SSSR count). The van der Waals surface area contributed by atoms with E-state index >= 15 is 0 Å². The van der Waals surface area contributed by atoms with Crippen LogP contribution >= 0.6 is 0 Å². The van der Waals surface area contributed by atoms with Crippen LogP contribution in [0.1, 0.15) is 28.9 Å². The van der Waals surface area contributed by atoms with Crippen LogP contribution in [-0.4, -0.2) is 5.91 Å². The summed E-state index contributed by atoms with van der Waals surface area (Å²) in [7, 11) is 0. The minimum absolute atomic E-state index is 0.172. The van der Waals surface area contributed by atoms with Crippen molar-refractivity contribution in [2.75, 3.05) is 0 Å².